The molecule has 3 nitrogen and oxygen atoms in total. The van der Waals surface area contributed by atoms with Crippen LogP contribution in [0.3, 0.4) is 0 Å². The molecule has 0 aliphatic carbocycles. The summed E-state index contributed by atoms with van der Waals surface area (Å²) in [5.41, 5.74) is 0.0363. The maximum atomic E-state index is 13.5. The molecule has 2 aromatic rings. The van der Waals surface area contributed by atoms with Crippen molar-refractivity contribution in [1.82, 2.24) is 0 Å². The van der Waals surface area contributed by atoms with Gasteiger partial charge in [-0.25, -0.2) is 8.78 Å². The lowest BCUT2D eigenvalue weighted by Gasteiger charge is -2.09. The van der Waals surface area contributed by atoms with Gasteiger partial charge in [0.15, 0.2) is 0 Å². The summed E-state index contributed by atoms with van der Waals surface area (Å²) in [5.74, 6) is -1.26. The summed E-state index contributed by atoms with van der Waals surface area (Å²) in [7, 11) is 0. The van der Waals surface area contributed by atoms with Gasteiger partial charge in [-0.1, -0.05) is 23.2 Å². The first kappa shape index (κ1) is 16.5. The fraction of sp³-hybridized carbons (Fsp3) is 0.133. The molecule has 0 saturated heterocycles. The molecule has 0 atom stereocenters. The van der Waals surface area contributed by atoms with Crippen molar-refractivity contribution in [3.05, 3.63) is 58.1 Å². The molecule has 22 heavy (non-hydrogen) atoms. The van der Waals surface area contributed by atoms with Crippen LogP contribution in [0.2, 0.25) is 10.0 Å². The number of hydrogen-bond acceptors (Lipinski definition) is 2. The largest absolute Gasteiger partial charge is 0.491 e. The average Bonchev–Trinajstić information content (AvgIpc) is 2.44. The van der Waals surface area contributed by atoms with Crippen molar-refractivity contribution in [1.29, 1.82) is 0 Å². The number of hydrogen-bond donors (Lipinski definition) is 1. The fourth-order valence-corrected chi connectivity index (χ4v) is 2.03. The van der Waals surface area contributed by atoms with E-state index < -0.39 is 17.5 Å². The Morgan fingerprint density at radius 1 is 1.14 bits per heavy atom. The Kier molecular flexibility index (Phi) is 5.57. The minimum Gasteiger partial charge on any atom is -0.491 e. The molecule has 0 bridgehead atoms. The van der Waals surface area contributed by atoms with Gasteiger partial charge in [0.1, 0.15) is 17.4 Å². The fourth-order valence-electron chi connectivity index (χ4n) is 1.65. The van der Waals surface area contributed by atoms with Gasteiger partial charge in [-0.2, -0.15) is 0 Å². The van der Waals surface area contributed by atoms with E-state index in [4.69, 9.17) is 27.9 Å². The van der Waals surface area contributed by atoms with Gasteiger partial charge in [-0.15, -0.1) is 0 Å². The Morgan fingerprint density at radius 2 is 1.91 bits per heavy atom. The average molecular weight is 346 g/mol. The van der Waals surface area contributed by atoms with Crippen LogP contribution in [0.5, 0.6) is 5.75 Å². The molecule has 0 fully saturated rings. The summed E-state index contributed by atoms with van der Waals surface area (Å²) in [6.45, 7) is 0.0202. The highest BCUT2D eigenvalue weighted by molar-refractivity contribution is 6.32. The van der Waals surface area contributed by atoms with Gasteiger partial charge in [0.2, 0.25) is 5.91 Å². The van der Waals surface area contributed by atoms with Crippen molar-refractivity contribution in [2.24, 2.45) is 0 Å². The maximum Gasteiger partial charge on any atom is 0.227 e. The molecule has 0 radical (unpaired) electrons. The molecule has 0 unspecified atom stereocenters. The summed E-state index contributed by atoms with van der Waals surface area (Å²) in [6, 6.07) is 7.62. The number of benzene rings is 2. The van der Waals surface area contributed by atoms with Gasteiger partial charge in [0, 0.05) is 5.02 Å². The Hall–Kier alpha value is -1.85. The van der Waals surface area contributed by atoms with Crippen molar-refractivity contribution in [3.63, 3.8) is 0 Å². The first-order valence-corrected chi connectivity index (χ1v) is 7.04. The second-order valence-corrected chi connectivity index (χ2v) is 5.19. The smallest absolute Gasteiger partial charge is 0.227 e. The van der Waals surface area contributed by atoms with Crippen LogP contribution in [0.25, 0.3) is 0 Å². The number of rotatable bonds is 5. The Morgan fingerprint density at radius 3 is 2.59 bits per heavy atom. The van der Waals surface area contributed by atoms with Crippen molar-refractivity contribution < 1.29 is 18.3 Å². The van der Waals surface area contributed by atoms with E-state index in [0.29, 0.717) is 0 Å². The molecule has 1 amide bonds. The number of carbonyl (C=O) groups excluding carboxylic acids is 1. The summed E-state index contributed by atoms with van der Waals surface area (Å²) >= 11 is 11.4. The Balaban J connectivity index is 1.85. The lowest BCUT2D eigenvalue weighted by Crippen LogP contribution is -2.16. The van der Waals surface area contributed by atoms with Crippen LogP contribution in [-0.2, 0) is 4.79 Å². The molecule has 0 aliphatic heterocycles. The summed E-state index contributed by atoms with van der Waals surface area (Å²) in [5, 5.41) is 2.76. The van der Waals surface area contributed by atoms with Gasteiger partial charge in [0.05, 0.1) is 23.7 Å². The van der Waals surface area contributed by atoms with Crippen molar-refractivity contribution >= 4 is 34.8 Å². The number of amides is 1. The van der Waals surface area contributed by atoms with E-state index in [0.717, 1.165) is 12.1 Å². The van der Waals surface area contributed by atoms with E-state index in [1.807, 2.05) is 0 Å². The normalized spacial score (nSPS) is 10.4. The lowest BCUT2D eigenvalue weighted by molar-refractivity contribution is -0.116. The molecule has 0 heterocycles. The zero-order valence-electron chi connectivity index (χ0n) is 11.2. The molecule has 0 saturated carbocycles. The first-order valence-electron chi connectivity index (χ1n) is 6.28. The van der Waals surface area contributed by atoms with Gasteiger partial charge in [-0.3, -0.25) is 4.79 Å². The SMILES string of the molecule is O=C(CCOc1ccc(F)cc1Cl)Nc1ccc(Cl)cc1F. The highest BCUT2D eigenvalue weighted by Crippen LogP contribution is 2.25. The van der Waals surface area contributed by atoms with Gasteiger partial charge < -0.3 is 10.1 Å². The van der Waals surface area contributed by atoms with Gasteiger partial charge in [0.25, 0.3) is 0 Å². The maximum absolute atomic E-state index is 13.5. The third-order valence-corrected chi connectivity index (χ3v) is 3.22. The monoisotopic (exact) mass is 345 g/mol. The molecule has 2 aromatic carbocycles. The standard InChI is InChI=1S/C15H11Cl2F2NO2/c16-9-1-3-13(12(19)7-9)20-15(21)5-6-22-14-4-2-10(18)8-11(14)17/h1-4,7-8H,5-6H2,(H,20,21). The topological polar surface area (TPSA) is 38.3 Å². The summed E-state index contributed by atoms with van der Waals surface area (Å²) < 4.78 is 31.6. The molecular formula is C15H11Cl2F2NO2. The highest BCUT2D eigenvalue weighted by Gasteiger charge is 2.09. The highest BCUT2D eigenvalue weighted by atomic mass is 35.5. The second kappa shape index (κ2) is 7.42. The zero-order chi connectivity index (χ0) is 16.1. The van der Waals surface area contributed by atoms with E-state index >= 15 is 0 Å². The quantitative estimate of drug-likeness (QED) is 0.854. The third kappa shape index (κ3) is 4.58. The van der Waals surface area contributed by atoms with Crippen LogP contribution in [-0.4, -0.2) is 12.5 Å². The van der Waals surface area contributed by atoms with E-state index in [9.17, 15) is 13.6 Å². The molecule has 0 aliphatic rings. The van der Waals surface area contributed by atoms with Crippen molar-refractivity contribution in [2.75, 3.05) is 11.9 Å². The predicted molar refractivity (Wildman–Crippen MR) is 81.6 cm³/mol. The Labute approximate surface area is 135 Å². The number of nitrogens with one attached hydrogen (secondary N) is 1. The molecule has 116 valence electrons. The minimum absolute atomic E-state index is 0.0181. The van der Waals surface area contributed by atoms with Crippen LogP contribution < -0.4 is 10.1 Å². The van der Waals surface area contributed by atoms with Crippen molar-refractivity contribution in [2.45, 2.75) is 6.42 Å². The van der Waals surface area contributed by atoms with E-state index in [1.165, 1.54) is 24.3 Å². The van der Waals surface area contributed by atoms with Crippen LogP contribution in [0.1, 0.15) is 6.42 Å². The number of ether oxygens (including phenoxy) is 1. The molecule has 2 rings (SSSR count). The molecular weight excluding hydrogens is 335 g/mol. The predicted octanol–water partition coefficient (Wildman–Crippen LogP) is 4.68. The first-order chi connectivity index (χ1) is 10.5. The van der Waals surface area contributed by atoms with E-state index in [1.54, 1.807) is 0 Å². The number of halogens is 4. The molecule has 7 heteroatoms. The van der Waals surface area contributed by atoms with Crippen LogP contribution in [0, 0.1) is 11.6 Å². The van der Waals surface area contributed by atoms with Crippen LogP contribution >= 0.6 is 23.2 Å². The minimum atomic E-state index is -0.622. The molecule has 0 aromatic heterocycles. The van der Waals surface area contributed by atoms with E-state index in [-0.39, 0.29) is 34.5 Å². The zero-order valence-corrected chi connectivity index (χ0v) is 12.7. The van der Waals surface area contributed by atoms with Crippen LogP contribution in [0.15, 0.2) is 36.4 Å². The van der Waals surface area contributed by atoms with Crippen molar-refractivity contribution in [3.8, 4) is 5.75 Å². The second-order valence-electron chi connectivity index (χ2n) is 4.35. The Bertz CT molecular complexity index is 695. The van der Waals surface area contributed by atoms with E-state index in [2.05, 4.69) is 5.32 Å². The van der Waals surface area contributed by atoms with Crippen LogP contribution in [0.4, 0.5) is 14.5 Å². The van der Waals surface area contributed by atoms with Gasteiger partial charge in [-0.05, 0) is 36.4 Å². The summed E-state index contributed by atoms with van der Waals surface area (Å²) in [4.78, 5) is 11.7. The molecule has 1 N–H and O–H groups in total. The lowest BCUT2D eigenvalue weighted by atomic mass is 10.3. The number of carbonyl (C=O) groups is 1. The number of anilines is 1. The van der Waals surface area contributed by atoms with Gasteiger partial charge >= 0.3 is 0 Å². The summed E-state index contributed by atoms with van der Waals surface area (Å²) in [6.07, 6.45) is -0.0181. The third-order valence-electron chi connectivity index (χ3n) is 2.69. The molecule has 0 spiro atoms.